The second kappa shape index (κ2) is 9.33. The average Bonchev–Trinajstić information content (AvgIpc) is 2.46. The second-order valence-corrected chi connectivity index (χ2v) is 7.24. The number of alkyl halides is 3. The van der Waals surface area contributed by atoms with Gasteiger partial charge in [0.15, 0.2) is 0 Å². The normalized spacial score (nSPS) is 12.6. The van der Waals surface area contributed by atoms with Crippen LogP contribution in [-0.4, -0.2) is 23.0 Å². The molecule has 0 aliphatic carbocycles. The Hall–Kier alpha value is -0.840. The maximum atomic E-state index is 11.9. The van der Waals surface area contributed by atoms with Crippen LogP contribution in [0.2, 0.25) is 0 Å². The first-order chi connectivity index (χ1) is 10.4. The Bertz CT molecular complexity index is 461. The predicted molar refractivity (Wildman–Crippen MR) is 93.0 cm³/mol. The third-order valence-electron chi connectivity index (χ3n) is 3.04. The second-order valence-electron chi connectivity index (χ2n) is 4.87. The largest absolute Gasteiger partial charge is 0.497 e. The standard InChI is InChI=1S/C15H21Cl3N2O2/c1-3-4-5-6-13(21)20-14(15(16,17)18)19-11-7-9-12(22-2)10-8-11/h7-10,14,19H,3-6H2,1-2H3,(H,20,21). The molecule has 4 nitrogen and oxygen atoms in total. The van der Waals surface area contributed by atoms with Gasteiger partial charge in [-0.25, -0.2) is 0 Å². The van der Waals surface area contributed by atoms with Gasteiger partial charge in [-0.05, 0) is 30.7 Å². The number of amides is 1. The Morgan fingerprint density at radius 2 is 1.86 bits per heavy atom. The SMILES string of the molecule is CCCCCC(=O)NC(Nc1ccc(OC)cc1)C(Cl)(Cl)Cl. The van der Waals surface area contributed by atoms with Crippen molar-refractivity contribution in [1.29, 1.82) is 0 Å². The monoisotopic (exact) mass is 366 g/mol. The summed E-state index contributed by atoms with van der Waals surface area (Å²) in [6.07, 6.45) is 2.45. The highest BCUT2D eigenvalue weighted by molar-refractivity contribution is 6.68. The Kier molecular flexibility index (Phi) is 8.15. The number of unbranched alkanes of at least 4 members (excludes halogenated alkanes) is 2. The highest BCUT2D eigenvalue weighted by Crippen LogP contribution is 2.31. The lowest BCUT2D eigenvalue weighted by molar-refractivity contribution is -0.121. The molecule has 1 aromatic carbocycles. The number of benzene rings is 1. The summed E-state index contributed by atoms with van der Waals surface area (Å²) in [6, 6.07) is 7.12. The molecule has 2 N–H and O–H groups in total. The van der Waals surface area contributed by atoms with Crippen molar-refractivity contribution in [3.8, 4) is 5.75 Å². The number of hydrogen-bond acceptors (Lipinski definition) is 3. The van der Waals surface area contributed by atoms with Crippen molar-refractivity contribution in [2.75, 3.05) is 12.4 Å². The quantitative estimate of drug-likeness (QED) is 0.404. The summed E-state index contributed by atoms with van der Waals surface area (Å²) in [5.41, 5.74) is 0.714. The zero-order chi connectivity index (χ0) is 16.6. The van der Waals surface area contributed by atoms with Gasteiger partial charge in [0.05, 0.1) is 7.11 Å². The number of carbonyl (C=O) groups excluding carboxylic acids is 1. The summed E-state index contributed by atoms with van der Waals surface area (Å²) in [7, 11) is 1.59. The molecule has 0 radical (unpaired) electrons. The Balaban J connectivity index is 2.66. The van der Waals surface area contributed by atoms with Crippen molar-refractivity contribution >= 4 is 46.4 Å². The van der Waals surface area contributed by atoms with Crippen LogP contribution in [0.4, 0.5) is 5.69 Å². The first kappa shape index (κ1) is 19.2. The molecule has 0 saturated heterocycles. The van der Waals surface area contributed by atoms with Crippen molar-refractivity contribution in [3.63, 3.8) is 0 Å². The summed E-state index contributed by atoms with van der Waals surface area (Å²) >= 11 is 17.8. The molecule has 0 bridgehead atoms. The van der Waals surface area contributed by atoms with Crippen LogP contribution in [0.3, 0.4) is 0 Å². The lowest BCUT2D eigenvalue weighted by atomic mass is 10.2. The van der Waals surface area contributed by atoms with E-state index >= 15 is 0 Å². The third kappa shape index (κ3) is 6.95. The summed E-state index contributed by atoms with van der Waals surface area (Å²) in [5, 5.41) is 5.72. The zero-order valence-corrected chi connectivity index (χ0v) is 14.9. The number of methoxy groups -OCH3 is 1. The Morgan fingerprint density at radius 3 is 2.36 bits per heavy atom. The van der Waals surface area contributed by atoms with E-state index in [-0.39, 0.29) is 5.91 Å². The minimum Gasteiger partial charge on any atom is -0.497 e. The molecular weight excluding hydrogens is 347 g/mol. The molecule has 0 spiro atoms. The van der Waals surface area contributed by atoms with Crippen LogP contribution < -0.4 is 15.4 Å². The van der Waals surface area contributed by atoms with Gasteiger partial charge < -0.3 is 15.4 Å². The molecule has 22 heavy (non-hydrogen) atoms. The van der Waals surface area contributed by atoms with Crippen LogP contribution in [0.5, 0.6) is 5.75 Å². The number of rotatable bonds is 8. The van der Waals surface area contributed by atoms with Crippen LogP contribution in [0.25, 0.3) is 0 Å². The molecule has 0 aliphatic rings. The first-order valence-electron chi connectivity index (χ1n) is 7.13. The van der Waals surface area contributed by atoms with Crippen LogP contribution in [0, 0.1) is 0 Å². The highest BCUT2D eigenvalue weighted by Gasteiger charge is 2.33. The van der Waals surface area contributed by atoms with Crippen molar-refractivity contribution in [1.82, 2.24) is 5.32 Å². The smallest absolute Gasteiger partial charge is 0.228 e. The van der Waals surface area contributed by atoms with Gasteiger partial charge in [0, 0.05) is 12.1 Å². The molecule has 1 amide bonds. The van der Waals surface area contributed by atoms with E-state index in [1.807, 2.05) is 0 Å². The van der Waals surface area contributed by atoms with Crippen LogP contribution in [0.15, 0.2) is 24.3 Å². The fourth-order valence-electron chi connectivity index (χ4n) is 1.82. The van der Waals surface area contributed by atoms with E-state index in [0.717, 1.165) is 25.0 Å². The van der Waals surface area contributed by atoms with Gasteiger partial charge in [-0.3, -0.25) is 4.79 Å². The zero-order valence-electron chi connectivity index (χ0n) is 12.7. The summed E-state index contributed by atoms with van der Waals surface area (Å²) in [5.74, 6) is 0.574. The van der Waals surface area contributed by atoms with Gasteiger partial charge >= 0.3 is 0 Å². The number of ether oxygens (including phenoxy) is 1. The summed E-state index contributed by atoms with van der Waals surface area (Å²) in [4.78, 5) is 11.9. The Morgan fingerprint density at radius 1 is 1.23 bits per heavy atom. The maximum absolute atomic E-state index is 11.9. The van der Waals surface area contributed by atoms with E-state index in [1.165, 1.54) is 0 Å². The minimum atomic E-state index is -1.67. The van der Waals surface area contributed by atoms with E-state index in [4.69, 9.17) is 39.5 Å². The number of carbonyl (C=O) groups is 1. The topological polar surface area (TPSA) is 50.4 Å². The van der Waals surface area contributed by atoms with E-state index in [2.05, 4.69) is 17.6 Å². The van der Waals surface area contributed by atoms with Gasteiger partial charge in [-0.1, -0.05) is 54.6 Å². The van der Waals surface area contributed by atoms with E-state index < -0.39 is 9.96 Å². The maximum Gasteiger partial charge on any atom is 0.228 e. The molecule has 1 atom stereocenters. The van der Waals surface area contributed by atoms with E-state index in [9.17, 15) is 4.79 Å². The lowest BCUT2D eigenvalue weighted by Gasteiger charge is -2.27. The van der Waals surface area contributed by atoms with Crippen molar-refractivity contribution in [2.24, 2.45) is 0 Å². The lowest BCUT2D eigenvalue weighted by Crippen LogP contribution is -2.49. The predicted octanol–water partition coefficient (Wildman–Crippen LogP) is 4.50. The van der Waals surface area contributed by atoms with E-state index in [0.29, 0.717) is 12.1 Å². The van der Waals surface area contributed by atoms with Crippen molar-refractivity contribution in [2.45, 2.75) is 42.6 Å². The molecule has 1 unspecified atom stereocenters. The van der Waals surface area contributed by atoms with Gasteiger partial charge in [0.1, 0.15) is 11.9 Å². The highest BCUT2D eigenvalue weighted by atomic mass is 35.6. The Labute approximate surface area is 146 Å². The molecular formula is C15H21Cl3N2O2. The molecule has 1 rings (SSSR count). The van der Waals surface area contributed by atoms with E-state index in [1.54, 1.807) is 31.4 Å². The van der Waals surface area contributed by atoms with Crippen molar-refractivity contribution in [3.05, 3.63) is 24.3 Å². The number of halogens is 3. The molecule has 7 heteroatoms. The van der Waals surface area contributed by atoms with Gasteiger partial charge in [-0.15, -0.1) is 0 Å². The minimum absolute atomic E-state index is 0.147. The first-order valence-corrected chi connectivity index (χ1v) is 8.27. The van der Waals surface area contributed by atoms with Crippen molar-refractivity contribution < 1.29 is 9.53 Å². The molecule has 0 saturated carbocycles. The third-order valence-corrected chi connectivity index (χ3v) is 3.70. The van der Waals surface area contributed by atoms with Crippen LogP contribution >= 0.6 is 34.8 Å². The number of anilines is 1. The van der Waals surface area contributed by atoms with Crippen LogP contribution in [-0.2, 0) is 4.79 Å². The van der Waals surface area contributed by atoms with Gasteiger partial charge in [0.2, 0.25) is 9.70 Å². The fourth-order valence-corrected chi connectivity index (χ4v) is 2.15. The average molecular weight is 368 g/mol. The molecule has 0 fully saturated rings. The summed E-state index contributed by atoms with van der Waals surface area (Å²) < 4.78 is 3.42. The van der Waals surface area contributed by atoms with Gasteiger partial charge in [0.25, 0.3) is 0 Å². The molecule has 1 aromatic rings. The van der Waals surface area contributed by atoms with Gasteiger partial charge in [-0.2, -0.15) is 0 Å². The molecule has 0 aromatic heterocycles. The molecule has 0 aliphatic heterocycles. The number of nitrogens with one attached hydrogen (secondary N) is 2. The molecule has 124 valence electrons. The molecule has 0 heterocycles. The number of hydrogen-bond donors (Lipinski definition) is 2. The van der Waals surface area contributed by atoms with Crippen LogP contribution in [0.1, 0.15) is 32.6 Å². The summed E-state index contributed by atoms with van der Waals surface area (Å²) in [6.45, 7) is 2.08. The fraction of sp³-hybridized carbons (Fsp3) is 0.533.